The van der Waals surface area contributed by atoms with Crippen molar-refractivity contribution in [1.82, 2.24) is 5.32 Å². The first-order valence-electron chi connectivity index (χ1n) is 4.74. The summed E-state index contributed by atoms with van der Waals surface area (Å²) in [5.74, 6) is 0. The summed E-state index contributed by atoms with van der Waals surface area (Å²) in [6, 6.07) is 0.458. The van der Waals surface area contributed by atoms with Gasteiger partial charge in [-0.2, -0.15) is 0 Å². The largest absolute Gasteiger partial charge is 0.374 e. The number of hydrogen-bond acceptors (Lipinski definition) is 3. The molecule has 0 amide bonds. The van der Waals surface area contributed by atoms with Gasteiger partial charge in [-0.25, -0.2) is 0 Å². The van der Waals surface area contributed by atoms with E-state index in [1.807, 2.05) is 0 Å². The molecule has 3 unspecified atom stereocenters. The van der Waals surface area contributed by atoms with Crippen LogP contribution in [0.25, 0.3) is 0 Å². The Labute approximate surface area is 73.4 Å². The van der Waals surface area contributed by atoms with Crippen LogP contribution in [0.5, 0.6) is 0 Å². The normalized spacial score (nSPS) is 48.5. The van der Waals surface area contributed by atoms with Gasteiger partial charge < -0.3 is 9.47 Å². The summed E-state index contributed by atoms with van der Waals surface area (Å²) in [5, 5.41) is 3.42. The monoisotopic (exact) mass is 171 g/mol. The van der Waals surface area contributed by atoms with Crippen molar-refractivity contribution in [3.05, 3.63) is 0 Å². The maximum Gasteiger partial charge on any atom is 0.143 e. The minimum atomic E-state index is -0.226. The molecule has 0 aromatic rings. The lowest BCUT2D eigenvalue weighted by molar-refractivity contribution is -0.0975. The first-order chi connectivity index (χ1) is 5.71. The molecule has 2 rings (SSSR count). The van der Waals surface area contributed by atoms with Crippen molar-refractivity contribution in [2.24, 2.45) is 0 Å². The fourth-order valence-electron chi connectivity index (χ4n) is 2.07. The Hall–Kier alpha value is -0.120. The van der Waals surface area contributed by atoms with E-state index in [4.69, 9.17) is 9.47 Å². The topological polar surface area (TPSA) is 30.5 Å². The zero-order valence-corrected chi connectivity index (χ0v) is 7.80. The molecule has 2 fully saturated rings. The average molecular weight is 171 g/mol. The van der Waals surface area contributed by atoms with E-state index >= 15 is 0 Å². The predicted octanol–water partition coefficient (Wildman–Crippen LogP) is 0.890. The molecule has 0 spiro atoms. The third-order valence-corrected chi connectivity index (χ3v) is 2.71. The van der Waals surface area contributed by atoms with Crippen LogP contribution in [-0.4, -0.2) is 31.1 Å². The molecular weight excluding hydrogens is 154 g/mol. The summed E-state index contributed by atoms with van der Waals surface area (Å²) in [7, 11) is 0. The summed E-state index contributed by atoms with van der Waals surface area (Å²) >= 11 is 0. The molecule has 0 saturated carbocycles. The molecule has 0 bridgehead atoms. The molecule has 0 aromatic carbocycles. The van der Waals surface area contributed by atoms with Gasteiger partial charge >= 0.3 is 0 Å². The highest BCUT2D eigenvalue weighted by atomic mass is 16.6. The number of nitrogens with one attached hydrogen (secondary N) is 1. The van der Waals surface area contributed by atoms with Crippen molar-refractivity contribution >= 4 is 0 Å². The van der Waals surface area contributed by atoms with Crippen molar-refractivity contribution < 1.29 is 9.47 Å². The SMILES string of the molecule is CC1COC(C)(C2CCCO2)N1. The Kier molecular flexibility index (Phi) is 2.10. The van der Waals surface area contributed by atoms with Gasteiger partial charge in [-0.3, -0.25) is 5.32 Å². The number of hydrogen-bond donors (Lipinski definition) is 1. The molecule has 3 atom stereocenters. The average Bonchev–Trinajstić information content (AvgIpc) is 2.59. The molecule has 0 radical (unpaired) electrons. The van der Waals surface area contributed by atoms with Crippen LogP contribution >= 0.6 is 0 Å². The maximum atomic E-state index is 5.70. The van der Waals surface area contributed by atoms with E-state index in [0.717, 1.165) is 19.6 Å². The second-order valence-corrected chi connectivity index (χ2v) is 3.97. The van der Waals surface area contributed by atoms with Gasteiger partial charge in [0, 0.05) is 12.6 Å². The zero-order valence-electron chi connectivity index (χ0n) is 7.80. The maximum absolute atomic E-state index is 5.70. The second-order valence-electron chi connectivity index (χ2n) is 3.97. The third-order valence-electron chi connectivity index (χ3n) is 2.71. The zero-order chi connectivity index (χ0) is 8.60. The van der Waals surface area contributed by atoms with Crippen LogP contribution in [0.2, 0.25) is 0 Å². The van der Waals surface area contributed by atoms with Crippen molar-refractivity contribution in [3.63, 3.8) is 0 Å². The molecule has 12 heavy (non-hydrogen) atoms. The van der Waals surface area contributed by atoms with Crippen molar-refractivity contribution in [3.8, 4) is 0 Å². The summed E-state index contributed by atoms with van der Waals surface area (Å²) in [6.07, 6.45) is 2.54. The van der Waals surface area contributed by atoms with Crippen LogP contribution in [-0.2, 0) is 9.47 Å². The molecule has 2 aliphatic rings. The van der Waals surface area contributed by atoms with E-state index in [1.165, 1.54) is 6.42 Å². The Morgan fingerprint density at radius 3 is 2.83 bits per heavy atom. The molecule has 1 N–H and O–H groups in total. The molecular formula is C9H17NO2. The van der Waals surface area contributed by atoms with Crippen LogP contribution in [0.1, 0.15) is 26.7 Å². The van der Waals surface area contributed by atoms with Crippen molar-refractivity contribution in [2.45, 2.75) is 44.6 Å². The highest BCUT2D eigenvalue weighted by Crippen LogP contribution is 2.28. The van der Waals surface area contributed by atoms with Crippen LogP contribution < -0.4 is 5.32 Å². The minimum Gasteiger partial charge on any atom is -0.374 e. The van der Waals surface area contributed by atoms with Gasteiger partial charge in [-0.05, 0) is 26.7 Å². The first kappa shape index (κ1) is 8.48. The second kappa shape index (κ2) is 2.98. The van der Waals surface area contributed by atoms with E-state index < -0.39 is 0 Å². The van der Waals surface area contributed by atoms with Crippen molar-refractivity contribution in [2.75, 3.05) is 13.2 Å². The van der Waals surface area contributed by atoms with Gasteiger partial charge in [0.25, 0.3) is 0 Å². The molecule has 2 heterocycles. The predicted molar refractivity (Wildman–Crippen MR) is 45.9 cm³/mol. The van der Waals surface area contributed by atoms with Crippen LogP contribution in [0, 0.1) is 0 Å². The molecule has 3 heteroatoms. The highest BCUT2D eigenvalue weighted by Gasteiger charge is 2.42. The van der Waals surface area contributed by atoms with Gasteiger partial charge in [0.15, 0.2) is 0 Å². The van der Waals surface area contributed by atoms with Crippen LogP contribution in [0.3, 0.4) is 0 Å². The van der Waals surface area contributed by atoms with E-state index in [9.17, 15) is 0 Å². The molecule has 2 saturated heterocycles. The standard InChI is InChI=1S/C9H17NO2/c1-7-6-12-9(2,10-7)8-4-3-5-11-8/h7-8,10H,3-6H2,1-2H3. The van der Waals surface area contributed by atoms with E-state index in [-0.39, 0.29) is 11.8 Å². The van der Waals surface area contributed by atoms with Crippen LogP contribution in [0.15, 0.2) is 0 Å². The summed E-state index contributed by atoms with van der Waals surface area (Å²) in [6.45, 7) is 5.92. The Bertz CT molecular complexity index is 168. The van der Waals surface area contributed by atoms with Gasteiger partial charge in [-0.1, -0.05) is 0 Å². The first-order valence-corrected chi connectivity index (χ1v) is 4.74. The quantitative estimate of drug-likeness (QED) is 0.635. The van der Waals surface area contributed by atoms with E-state index in [0.29, 0.717) is 6.04 Å². The molecule has 3 nitrogen and oxygen atoms in total. The number of ether oxygens (including phenoxy) is 2. The lowest BCUT2D eigenvalue weighted by atomic mass is 10.1. The van der Waals surface area contributed by atoms with Gasteiger partial charge in [0.2, 0.25) is 0 Å². The fourth-order valence-corrected chi connectivity index (χ4v) is 2.07. The Morgan fingerprint density at radius 1 is 1.50 bits per heavy atom. The number of rotatable bonds is 1. The van der Waals surface area contributed by atoms with E-state index in [1.54, 1.807) is 0 Å². The summed E-state index contributed by atoms with van der Waals surface area (Å²) < 4.78 is 11.3. The Balaban J connectivity index is 2.00. The molecule has 0 aromatic heterocycles. The molecule has 2 aliphatic heterocycles. The third kappa shape index (κ3) is 1.37. The Morgan fingerprint density at radius 2 is 2.33 bits per heavy atom. The van der Waals surface area contributed by atoms with Gasteiger partial charge in [0.05, 0.1) is 12.7 Å². The van der Waals surface area contributed by atoms with Gasteiger partial charge in [-0.15, -0.1) is 0 Å². The fraction of sp³-hybridized carbons (Fsp3) is 1.00. The van der Waals surface area contributed by atoms with E-state index in [2.05, 4.69) is 19.2 Å². The van der Waals surface area contributed by atoms with Gasteiger partial charge in [0.1, 0.15) is 5.72 Å². The highest BCUT2D eigenvalue weighted by molar-refractivity contribution is 4.91. The minimum absolute atomic E-state index is 0.226. The van der Waals surface area contributed by atoms with Crippen LogP contribution in [0.4, 0.5) is 0 Å². The molecule has 70 valence electrons. The lowest BCUT2D eigenvalue weighted by Gasteiger charge is -2.29. The molecule has 0 aliphatic carbocycles. The van der Waals surface area contributed by atoms with Crippen molar-refractivity contribution in [1.29, 1.82) is 0 Å². The summed E-state index contributed by atoms with van der Waals surface area (Å²) in [4.78, 5) is 0. The lowest BCUT2D eigenvalue weighted by Crippen LogP contribution is -2.50. The smallest absolute Gasteiger partial charge is 0.143 e. The summed E-state index contributed by atoms with van der Waals surface area (Å²) in [5.41, 5.74) is -0.226.